The Morgan fingerprint density at radius 1 is 1.40 bits per heavy atom. The highest BCUT2D eigenvalue weighted by Crippen LogP contribution is 2.28. The first-order valence-corrected chi connectivity index (χ1v) is 7.71. The summed E-state index contributed by atoms with van der Waals surface area (Å²) in [6, 6.07) is 6.21. The molecule has 0 unspecified atom stereocenters. The fraction of sp³-hybridized carbons (Fsp3) is 0.467. The van der Waals surface area contributed by atoms with Crippen LogP contribution < -0.4 is 5.32 Å². The van der Waals surface area contributed by atoms with Gasteiger partial charge in [0, 0.05) is 19.8 Å². The molecular formula is C15H22N4S. The van der Waals surface area contributed by atoms with Crippen molar-refractivity contribution in [2.24, 2.45) is 13.0 Å². The van der Waals surface area contributed by atoms with Crippen LogP contribution in [-0.4, -0.2) is 21.3 Å². The number of aromatic nitrogens is 3. The van der Waals surface area contributed by atoms with Crippen LogP contribution in [0.2, 0.25) is 0 Å². The van der Waals surface area contributed by atoms with Gasteiger partial charge in [-0.15, -0.1) is 0 Å². The Bertz CT molecular complexity index is 563. The van der Waals surface area contributed by atoms with Crippen LogP contribution in [0.25, 0.3) is 0 Å². The molecule has 0 aliphatic heterocycles. The normalized spacial score (nSPS) is 11.2. The van der Waals surface area contributed by atoms with Crippen molar-refractivity contribution in [1.29, 1.82) is 0 Å². The molecular weight excluding hydrogens is 268 g/mol. The molecule has 2 heterocycles. The third-order valence-corrected chi connectivity index (χ3v) is 4.03. The number of aryl methyl sites for hydroxylation is 2. The van der Waals surface area contributed by atoms with Crippen molar-refractivity contribution in [1.82, 2.24) is 20.1 Å². The van der Waals surface area contributed by atoms with Crippen molar-refractivity contribution < 1.29 is 0 Å². The second-order valence-corrected chi connectivity index (χ2v) is 6.35. The van der Waals surface area contributed by atoms with Gasteiger partial charge in [0.2, 0.25) is 0 Å². The largest absolute Gasteiger partial charge is 0.312 e. The Hall–Kier alpha value is -1.33. The van der Waals surface area contributed by atoms with Gasteiger partial charge in [-0.05, 0) is 37.1 Å². The Kier molecular flexibility index (Phi) is 5.20. The van der Waals surface area contributed by atoms with Crippen molar-refractivity contribution in [3.05, 3.63) is 35.7 Å². The van der Waals surface area contributed by atoms with Gasteiger partial charge in [-0.25, -0.2) is 4.98 Å². The van der Waals surface area contributed by atoms with Crippen LogP contribution in [0.15, 0.2) is 34.4 Å². The predicted octanol–water partition coefficient (Wildman–Crippen LogP) is 3.02. The third kappa shape index (κ3) is 4.08. The molecule has 20 heavy (non-hydrogen) atoms. The molecule has 2 aromatic heterocycles. The van der Waals surface area contributed by atoms with Crippen LogP contribution >= 0.6 is 11.8 Å². The van der Waals surface area contributed by atoms with Crippen LogP contribution in [0, 0.1) is 12.8 Å². The maximum absolute atomic E-state index is 4.50. The molecule has 0 amide bonds. The summed E-state index contributed by atoms with van der Waals surface area (Å²) in [5.41, 5.74) is 2.27. The van der Waals surface area contributed by atoms with E-state index in [2.05, 4.69) is 41.4 Å². The van der Waals surface area contributed by atoms with Crippen molar-refractivity contribution in [2.75, 3.05) is 6.54 Å². The molecule has 108 valence electrons. The Morgan fingerprint density at radius 3 is 2.85 bits per heavy atom. The number of hydrogen-bond acceptors (Lipinski definition) is 4. The highest BCUT2D eigenvalue weighted by molar-refractivity contribution is 7.99. The second-order valence-electron chi connectivity index (χ2n) is 5.34. The van der Waals surface area contributed by atoms with Gasteiger partial charge in [0.05, 0.1) is 5.69 Å². The molecule has 0 bridgehead atoms. The van der Waals surface area contributed by atoms with E-state index in [1.165, 1.54) is 5.56 Å². The Balaban J connectivity index is 2.09. The molecule has 0 radical (unpaired) electrons. The SMILES string of the molecule is Cc1cc(Sc2ncccc2CNCC(C)C)n(C)n1. The summed E-state index contributed by atoms with van der Waals surface area (Å²) in [6.45, 7) is 8.30. The zero-order valence-electron chi connectivity index (χ0n) is 12.6. The number of nitrogens with zero attached hydrogens (tertiary/aromatic N) is 3. The molecule has 1 N–H and O–H groups in total. The molecule has 0 aromatic carbocycles. The quantitative estimate of drug-likeness (QED) is 0.888. The van der Waals surface area contributed by atoms with Crippen molar-refractivity contribution >= 4 is 11.8 Å². The van der Waals surface area contributed by atoms with Gasteiger partial charge >= 0.3 is 0 Å². The molecule has 5 heteroatoms. The summed E-state index contributed by atoms with van der Waals surface area (Å²) in [7, 11) is 1.97. The molecule has 0 spiro atoms. The Labute approximate surface area is 125 Å². The monoisotopic (exact) mass is 290 g/mol. The maximum Gasteiger partial charge on any atom is 0.107 e. The van der Waals surface area contributed by atoms with Crippen molar-refractivity contribution in [3.8, 4) is 0 Å². The van der Waals surface area contributed by atoms with Crippen LogP contribution in [0.5, 0.6) is 0 Å². The molecule has 4 nitrogen and oxygen atoms in total. The number of hydrogen-bond donors (Lipinski definition) is 1. The fourth-order valence-electron chi connectivity index (χ4n) is 1.93. The maximum atomic E-state index is 4.50. The number of pyridine rings is 1. The van der Waals surface area contributed by atoms with Crippen LogP contribution in [0.3, 0.4) is 0 Å². The minimum atomic E-state index is 0.655. The lowest BCUT2D eigenvalue weighted by Crippen LogP contribution is -2.19. The van der Waals surface area contributed by atoms with Gasteiger partial charge in [-0.1, -0.05) is 31.7 Å². The summed E-state index contributed by atoms with van der Waals surface area (Å²) in [5.74, 6) is 0.655. The summed E-state index contributed by atoms with van der Waals surface area (Å²) in [4.78, 5) is 4.50. The molecule has 0 atom stereocenters. The number of rotatable bonds is 6. The Morgan fingerprint density at radius 2 is 2.20 bits per heavy atom. The lowest BCUT2D eigenvalue weighted by molar-refractivity contribution is 0.548. The van der Waals surface area contributed by atoms with E-state index < -0.39 is 0 Å². The average Bonchev–Trinajstić information content (AvgIpc) is 2.69. The zero-order chi connectivity index (χ0) is 14.5. The summed E-state index contributed by atoms with van der Waals surface area (Å²) < 4.78 is 1.90. The summed E-state index contributed by atoms with van der Waals surface area (Å²) >= 11 is 1.67. The van der Waals surface area contributed by atoms with Crippen molar-refractivity contribution in [2.45, 2.75) is 37.4 Å². The molecule has 0 aliphatic rings. The van der Waals surface area contributed by atoms with Gasteiger partial charge in [0.25, 0.3) is 0 Å². The van der Waals surface area contributed by atoms with Crippen LogP contribution in [-0.2, 0) is 13.6 Å². The standard InChI is InChI=1S/C15H22N4S/c1-11(2)9-16-10-13-6-5-7-17-15(13)20-14-8-12(3)18-19(14)4/h5-8,11,16H,9-10H2,1-4H3. The molecule has 2 aromatic rings. The smallest absolute Gasteiger partial charge is 0.107 e. The predicted molar refractivity (Wildman–Crippen MR) is 82.8 cm³/mol. The van der Waals surface area contributed by atoms with E-state index in [0.717, 1.165) is 28.8 Å². The lowest BCUT2D eigenvalue weighted by atomic mass is 10.2. The number of nitrogens with one attached hydrogen (secondary N) is 1. The molecule has 0 aliphatic carbocycles. The minimum Gasteiger partial charge on any atom is -0.312 e. The van der Waals surface area contributed by atoms with Crippen LogP contribution in [0.1, 0.15) is 25.1 Å². The van der Waals surface area contributed by atoms with E-state index in [1.807, 2.05) is 30.9 Å². The second kappa shape index (κ2) is 6.90. The van der Waals surface area contributed by atoms with E-state index in [0.29, 0.717) is 5.92 Å². The van der Waals surface area contributed by atoms with E-state index in [1.54, 1.807) is 11.8 Å². The summed E-state index contributed by atoms with van der Waals surface area (Å²) in [6.07, 6.45) is 1.84. The minimum absolute atomic E-state index is 0.655. The molecule has 0 fully saturated rings. The highest BCUT2D eigenvalue weighted by Gasteiger charge is 2.09. The fourth-order valence-corrected chi connectivity index (χ4v) is 2.91. The van der Waals surface area contributed by atoms with E-state index in [4.69, 9.17) is 0 Å². The zero-order valence-corrected chi connectivity index (χ0v) is 13.4. The van der Waals surface area contributed by atoms with Gasteiger partial charge in [-0.2, -0.15) is 5.10 Å². The molecule has 0 saturated heterocycles. The van der Waals surface area contributed by atoms with E-state index in [9.17, 15) is 0 Å². The first-order valence-electron chi connectivity index (χ1n) is 6.89. The first-order chi connectivity index (χ1) is 9.56. The third-order valence-electron chi connectivity index (χ3n) is 2.88. The molecule has 2 rings (SSSR count). The van der Waals surface area contributed by atoms with Gasteiger partial charge in [0.1, 0.15) is 10.1 Å². The van der Waals surface area contributed by atoms with Crippen LogP contribution in [0.4, 0.5) is 0 Å². The van der Waals surface area contributed by atoms with E-state index >= 15 is 0 Å². The summed E-state index contributed by atoms with van der Waals surface area (Å²) in [5, 5.41) is 10.0. The molecule has 0 saturated carbocycles. The first kappa shape index (κ1) is 15.1. The topological polar surface area (TPSA) is 42.7 Å². The average molecular weight is 290 g/mol. The van der Waals surface area contributed by atoms with E-state index in [-0.39, 0.29) is 0 Å². The van der Waals surface area contributed by atoms with Gasteiger partial charge in [-0.3, -0.25) is 4.68 Å². The van der Waals surface area contributed by atoms with Crippen molar-refractivity contribution in [3.63, 3.8) is 0 Å². The van der Waals surface area contributed by atoms with Gasteiger partial charge in [0.15, 0.2) is 0 Å². The highest BCUT2D eigenvalue weighted by atomic mass is 32.2. The van der Waals surface area contributed by atoms with Gasteiger partial charge < -0.3 is 5.32 Å². The lowest BCUT2D eigenvalue weighted by Gasteiger charge is -2.10.